The summed E-state index contributed by atoms with van der Waals surface area (Å²) in [5, 5.41) is 21.3. The number of para-hydroxylation sites is 1. The summed E-state index contributed by atoms with van der Waals surface area (Å²) in [4.78, 5) is 24.7. The van der Waals surface area contributed by atoms with Crippen LogP contribution in [0.2, 0.25) is 0 Å². The molecule has 1 aromatic rings. The van der Waals surface area contributed by atoms with Gasteiger partial charge >= 0.3 is 12.0 Å². The molecule has 7 heteroatoms. The van der Waals surface area contributed by atoms with Gasteiger partial charge in [0.15, 0.2) is 5.75 Å². The molecule has 0 bridgehead atoms. The Labute approximate surface area is 120 Å². The summed E-state index contributed by atoms with van der Waals surface area (Å²) >= 11 is 1.80. The van der Waals surface area contributed by atoms with E-state index < -0.39 is 11.7 Å². The third-order valence-corrected chi connectivity index (χ3v) is 4.07. The summed E-state index contributed by atoms with van der Waals surface area (Å²) in [6.45, 7) is 1.31. The molecule has 20 heavy (non-hydrogen) atoms. The molecule has 108 valence electrons. The van der Waals surface area contributed by atoms with Crippen molar-refractivity contribution in [3.8, 4) is 5.75 Å². The number of aromatic hydroxyl groups is 1. The maximum Gasteiger partial charge on any atom is 0.339 e. The van der Waals surface area contributed by atoms with Crippen LogP contribution in [0.1, 0.15) is 16.8 Å². The van der Waals surface area contributed by atoms with Gasteiger partial charge in [-0.1, -0.05) is 6.07 Å². The molecule has 0 aromatic heterocycles. The van der Waals surface area contributed by atoms with E-state index in [-0.39, 0.29) is 17.3 Å². The van der Waals surface area contributed by atoms with Gasteiger partial charge in [0.1, 0.15) is 5.56 Å². The van der Waals surface area contributed by atoms with Crippen LogP contribution in [0.3, 0.4) is 0 Å². The van der Waals surface area contributed by atoms with Crippen LogP contribution in [0.15, 0.2) is 18.2 Å². The van der Waals surface area contributed by atoms with E-state index in [1.54, 1.807) is 16.7 Å². The van der Waals surface area contributed by atoms with Crippen molar-refractivity contribution < 1.29 is 19.8 Å². The molecule has 0 saturated carbocycles. The minimum atomic E-state index is -1.23. The van der Waals surface area contributed by atoms with E-state index in [0.29, 0.717) is 13.1 Å². The first-order chi connectivity index (χ1) is 9.59. The number of carbonyl (C=O) groups is 2. The standard InChI is InChI=1S/C13H16N2O4S/c16-11-9(12(17)18)3-1-4-10(11)14-13(19)15-5-2-7-20-8-6-15/h1,3-4,16H,2,5-8H2,(H,14,19)(H,17,18). The summed E-state index contributed by atoms with van der Waals surface area (Å²) in [5.41, 5.74) is -0.110. The van der Waals surface area contributed by atoms with Crippen molar-refractivity contribution in [1.82, 2.24) is 4.90 Å². The number of hydrogen-bond donors (Lipinski definition) is 3. The number of urea groups is 1. The highest BCUT2D eigenvalue weighted by Gasteiger charge is 2.19. The van der Waals surface area contributed by atoms with Crippen LogP contribution in [0.5, 0.6) is 5.75 Å². The first kappa shape index (κ1) is 14.5. The number of carbonyl (C=O) groups excluding carboxylic acids is 1. The lowest BCUT2D eigenvalue weighted by Crippen LogP contribution is -2.36. The maximum atomic E-state index is 12.1. The van der Waals surface area contributed by atoms with Crippen LogP contribution in [0.4, 0.5) is 10.5 Å². The maximum absolute atomic E-state index is 12.1. The van der Waals surface area contributed by atoms with Gasteiger partial charge < -0.3 is 20.4 Å². The molecule has 0 spiro atoms. The summed E-state index contributed by atoms with van der Waals surface area (Å²) in [6.07, 6.45) is 0.930. The molecular weight excluding hydrogens is 280 g/mol. The molecule has 1 aromatic carbocycles. The first-order valence-corrected chi connectivity index (χ1v) is 7.44. The van der Waals surface area contributed by atoms with E-state index >= 15 is 0 Å². The van der Waals surface area contributed by atoms with E-state index in [1.165, 1.54) is 18.2 Å². The smallest absolute Gasteiger partial charge is 0.339 e. The molecule has 0 aliphatic carbocycles. The van der Waals surface area contributed by atoms with Gasteiger partial charge in [-0.3, -0.25) is 0 Å². The van der Waals surface area contributed by atoms with E-state index in [9.17, 15) is 14.7 Å². The quantitative estimate of drug-likeness (QED) is 0.727. The Morgan fingerprint density at radius 2 is 2.05 bits per heavy atom. The Hall–Kier alpha value is -1.89. The van der Waals surface area contributed by atoms with Crippen molar-refractivity contribution in [2.24, 2.45) is 0 Å². The molecule has 1 heterocycles. The Bertz CT molecular complexity index is 513. The third kappa shape index (κ3) is 3.36. The monoisotopic (exact) mass is 296 g/mol. The summed E-state index contributed by atoms with van der Waals surface area (Å²) in [7, 11) is 0. The predicted octanol–water partition coefficient (Wildman–Crippen LogP) is 2.06. The normalized spacial score (nSPS) is 15.5. The van der Waals surface area contributed by atoms with Crippen molar-refractivity contribution in [3.05, 3.63) is 23.8 Å². The largest absolute Gasteiger partial charge is 0.505 e. The second-order valence-electron chi connectivity index (χ2n) is 4.39. The predicted molar refractivity (Wildman–Crippen MR) is 77.6 cm³/mol. The molecule has 0 radical (unpaired) electrons. The lowest BCUT2D eigenvalue weighted by atomic mass is 10.1. The van der Waals surface area contributed by atoms with Gasteiger partial charge in [-0.15, -0.1) is 0 Å². The van der Waals surface area contributed by atoms with E-state index in [1.807, 2.05) is 0 Å². The zero-order valence-electron chi connectivity index (χ0n) is 10.8. The summed E-state index contributed by atoms with van der Waals surface area (Å²) in [5.74, 6) is 0.264. The van der Waals surface area contributed by atoms with Crippen molar-refractivity contribution in [3.63, 3.8) is 0 Å². The molecule has 1 aliphatic heterocycles. The average molecular weight is 296 g/mol. The number of rotatable bonds is 2. The highest BCUT2D eigenvalue weighted by Crippen LogP contribution is 2.27. The van der Waals surface area contributed by atoms with Crippen molar-refractivity contribution in [2.45, 2.75) is 6.42 Å². The zero-order chi connectivity index (χ0) is 14.5. The number of aromatic carboxylic acids is 1. The fraction of sp³-hybridized carbons (Fsp3) is 0.385. The number of nitrogens with zero attached hydrogens (tertiary/aromatic N) is 1. The lowest BCUT2D eigenvalue weighted by molar-refractivity contribution is 0.0693. The molecule has 0 atom stereocenters. The number of carboxylic acid groups (broad SMARTS) is 1. The number of anilines is 1. The number of hydrogen-bond acceptors (Lipinski definition) is 4. The van der Waals surface area contributed by atoms with Crippen LogP contribution in [-0.4, -0.2) is 51.7 Å². The van der Waals surface area contributed by atoms with E-state index in [2.05, 4.69) is 5.32 Å². The molecule has 0 unspecified atom stereocenters. The summed E-state index contributed by atoms with van der Waals surface area (Å²) < 4.78 is 0. The number of benzene rings is 1. The van der Waals surface area contributed by atoms with Gasteiger partial charge in [0.05, 0.1) is 5.69 Å². The van der Waals surface area contributed by atoms with E-state index in [0.717, 1.165) is 17.9 Å². The zero-order valence-corrected chi connectivity index (χ0v) is 11.7. The van der Waals surface area contributed by atoms with Gasteiger partial charge in [-0.05, 0) is 24.3 Å². The van der Waals surface area contributed by atoms with Gasteiger partial charge in [0, 0.05) is 18.8 Å². The first-order valence-electron chi connectivity index (χ1n) is 6.28. The molecule has 2 amide bonds. The van der Waals surface area contributed by atoms with Gasteiger partial charge in [0.25, 0.3) is 0 Å². The number of phenols is 1. The second kappa shape index (κ2) is 6.51. The van der Waals surface area contributed by atoms with Crippen molar-refractivity contribution >= 4 is 29.4 Å². The number of amides is 2. The number of carboxylic acids is 1. The molecule has 2 rings (SSSR count). The molecule has 1 saturated heterocycles. The minimum Gasteiger partial charge on any atom is -0.505 e. The Morgan fingerprint density at radius 1 is 1.25 bits per heavy atom. The van der Waals surface area contributed by atoms with Crippen LogP contribution < -0.4 is 5.32 Å². The van der Waals surface area contributed by atoms with Crippen LogP contribution in [0, 0.1) is 0 Å². The molecule has 3 N–H and O–H groups in total. The average Bonchev–Trinajstić information content (AvgIpc) is 2.69. The Morgan fingerprint density at radius 3 is 2.80 bits per heavy atom. The molecule has 1 fully saturated rings. The van der Waals surface area contributed by atoms with Crippen molar-refractivity contribution in [2.75, 3.05) is 29.9 Å². The van der Waals surface area contributed by atoms with E-state index in [4.69, 9.17) is 5.11 Å². The highest BCUT2D eigenvalue weighted by molar-refractivity contribution is 7.99. The molecule has 6 nitrogen and oxygen atoms in total. The summed E-state index contributed by atoms with van der Waals surface area (Å²) in [6, 6.07) is 3.93. The highest BCUT2D eigenvalue weighted by atomic mass is 32.2. The van der Waals surface area contributed by atoms with Gasteiger partial charge in [-0.25, -0.2) is 9.59 Å². The second-order valence-corrected chi connectivity index (χ2v) is 5.61. The fourth-order valence-corrected chi connectivity index (χ4v) is 2.85. The number of thioether (sulfide) groups is 1. The molecule has 1 aliphatic rings. The minimum absolute atomic E-state index is 0.117. The Kier molecular flexibility index (Phi) is 4.73. The Balaban J connectivity index is 2.11. The van der Waals surface area contributed by atoms with Crippen molar-refractivity contribution in [1.29, 1.82) is 0 Å². The van der Waals surface area contributed by atoms with Gasteiger partial charge in [-0.2, -0.15) is 11.8 Å². The van der Waals surface area contributed by atoms with Crippen LogP contribution >= 0.6 is 11.8 Å². The topological polar surface area (TPSA) is 89.9 Å². The third-order valence-electron chi connectivity index (χ3n) is 3.02. The van der Waals surface area contributed by atoms with Crippen LogP contribution in [0.25, 0.3) is 0 Å². The van der Waals surface area contributed by atoms with Gasteiger partial charge in [0.2, 0.25) is 0 Å². The fourth-order valence-electron chi connectivity index (χ4n) is 1.96. The number of nitrogens with one attached hydrogen (secondary N) is 1. The SMILES string of the molecule is O=C(O)c1cccc(NC(=O)N2CCCSCC2)c1O. The lowest BCUT2D eigenvalue weighted by Gasteiger charge is -2.21. The molecular formula is C13H16N2O4S. The van der Waals surface area contributed by atoms with Crippen LogP contribution in [-0.2, 0) is 0 Å².